The third kappa shape index (κ3) is 3.46. The van der Waals surface area contributed by atoms with E-state index in [1.165, 1.54) is 18.6 Å². The summed E-state index contributed by atoms with van der Waals surface area (Å²) in [7, 11) is 1.73. The largest absolute Gasteiger partial charge is 0.434 e. The van der Waals surface area contributed by atoms with Crippen molar-refractivity contribution in [2.75, 3.05) is 7.05 Å². The molecule has 0 spiro atoms. The third-order valence-corrected chi connectivity index (χ3v) is 3.78. The quantitative estimate of drug-likeness (QED) is 0.843. The van der Waals surface area contributed by atoms with Gasteiger partial charge in [0.2, 0.25) is 0 Å². The first-order valence-corrected chi connectivity index (χ1v) is 6.90. The average Bonchev–Trinajstić information content (AvgIpc) is 2.46. The van der Waals surface area contributed by atoms with Gasteiger partial charge in [0.1, 0.15) is 5.75 Å². The summed E-state index contributed by atoms with van der Waals surface area (Å²) in [6.45, 7) is -2.93. The molecule has 2 rings (SSSR count). The van der Waals surface area contributed by atoms with Gasteiger partial charge in [0.25, 0.3) is 5.91 Å². The lowest BCUT2D eigenvalue weighted by Crippen LogP contribution is -2.38. The van der Waals surface area contributed by atoms with Crippen LogP contribution in [0.25, 0.3) is 0 Å². The first-order chi connectivity index (χ1) is 9.59. The Hall–Kier alpha value is -1.65. The van der Waals surface area contributed by atoms with Gasteiger partial charge in [-0.2, -0.15) is 8.78 Å². The molecule has 110 valence electrons. The van der Waals surface area contributed by atoms with Crippen LogP contribution in [0.3, 0.4) is 0 Å². The lowest BCUT2D eigenvalue weighted by atomic mass is 9.94. The highest BCUT2D eigenvalue weighted by molar-refractivity contribution is 5.97. The van der Waals surface area contributed by atoms with Crippen LogP contribution in [-0.2, 0) is 0 Å². The Balaban J connectivity index is 2.15. The first-order valence-electron chi connectivity index (χ1n) is 6.90. The zero-order chi connectivity index (χ0) is 14.5. The highest BCUT2D eigenvalue weighted by atomic mass is 19.3. The van der Waals surface area contributed by atoms with Crippen molar-refractivity contribution in [1.82, 2.24) is 4.90 Å². The lowest BCUT2D eigenvalue weighted by Gasteiger charge is -2.31. The molecule has 0 atom stereocenters. The van der Waals surface area contributed by atoms with E-state index in [1.54, 1.807) is 24.1 Å². The van der Waals surface area contributed by atoms with E-state index in [4.69, 9.17) is 0 Å². The Morgan fingerprint density at radius 1 is 1.25 bits per heavy atom. The molecule has 5 heteroatoms. The van der Waals surface area contributed by atoms with Crippen molar-refractivity contribution in [3.8, 4) is 5.75 Å². The summed E-state index contributed by atoms with van der Waals surface area (Å²) < 4.78 is 29.2. The van der Waals surface area contributed by atoms with Crippen molar-refractivity contribution in [2.45, 2.75) is 44.8 Å². The molecule has 0 saturated heterocycles. The predicted octanol–water partition coefficient (Wildman–Crippen LogP) is 3.69. The summed E-state index contributed by atoms with van der Waals surface area (Å²) in [5.74, 6) is -0.316. The van der Waals surface area contributed by atoms with Gasteiger partial charge < -0.3 is 9.64 Å². The maximum Gasteiger partial charge on any atom is 0.387 e. The molecule has 0 heterocycles. The first kappa shape index (κ1) is 14.8. The molecule has 0 aromatic heterocycles. The van der Waals surface area contributed by atoms with Gasteiger partial charge in [-0.25, -0.2) is 0 Å². The van der Waals surface area contributed by atoms with E-state index in [0.29, 0.717) is 0 Å². The van der Waals surface area contributed by atoms with E-state index in [9.17, 15) is 13.6 Å². The highest BCUT2D eigenvalue weighted by Crippen LogP contribution is 2.26. The molecule has 1 aromatic carbocycles. The van der Waals surface area contributed by atoms with Crippen LogP contribution in [0.1, 0.15) is 42.5 Å². The number of amides is 1. The predicted molar refractivity (Wildman–Crippen MR) is 72.0 cm³/mol. The van der Waals surface area contributed by atoms with Crippen molar-refractivity contribution >= 4 is 5.91 Å². The Labute approximate surface area is 117 Å². The van der Waals surface area contributed by atoms with E-state index < -0.39 is 6.61 Å². The highest BCUT2D eigenvalue weighted by Gasteiger charge is 2.25. The number of benzene rings is 1. The van der Waals surface area contributed by atoms with Gasteiger partial charge in [0, 0.05) is 13.1 Å². The molecule has 1 aliphatic rings. The minimum atomic E-state index is -2.93. The molecule has 1 saturated carbocycles. The Morgan fingerprint density at radius 3 is 2.55 bits per heavy atom. The Bertz CT molecular complexity index is 459. The zero-order valence-corrected chi connectivity index (χ0v) is 11.5. The van der Waals surface area contributed by atoms with E-state index in [2.05, 4.69) is 4.74 Å². The van der Waals surface area contributed by atoms with Crippen molar-refractivity contribution in [3.63, 3.8) is 0 Å². The number of halogens is 2. The summed E-state index contributed by atoms with van der Waals surface area (Å²) in [5, 5.41) is 0. The van der Waals surface area contributed by atoms with Gasteiger partial charge in [-0.3, -0.25) is 4.79 Å². The summed E-state index contributed by atoms with van der Waals surface area (Å²) in [4.78, 5) is 14.1. The monoisotopic (exact) mass is 283 g/mol. The zero-order valence-electron chi connectivity index (χ0n) is 11.5. The van der Waals surface area contributed by atoms with Gasteiger partial charge in [-0.05, 0) is 25.0 Å². The molecule has 1 amide bonds. The summed E-state index contributed by atoms with van der Waals surface area (Å²) in [6.07, 6.45) is 5.36. The number of para-hydroxylation sites is 1. The van der Waals surface area contributed by atoms with Crippen LogP contribution in [0.4, 0.5) is 8.78 Å². The fraction of sp³-hybridized carbons (Fsp3) is 0.533. The maximum absolute atomic E-state index is 12.4. The summed E-state index contributed by atoms with van der Waals surface area (Å²) in [6, 6.07) is 6.35. The summed E-state index contributed by atoms with van der Waals surface area (Å²) in [5.41, 5.74) is 0.195. The second-order valence-corrected chi connectivity index (χ2v) is 5.08. The van der Waals surface area contributed by atoms with Crippen LogP contribution < -0.4 is 4.74 Å². The number of nitrogens with zero attached hydrogens (tertiary/aromatic N) is 1. The Morgan fingerprint density at radius 2 is 1.90 bits per heavy atom. The topological polar surface area (TPSA) is 29.5 Å². The smallest absolute Gasteiger partial charge is 0.387 e. The van der Waals surface area contributed by atoms with E-state index in [-0.39, 0.29) is 23.3 Å². The molecule has 0 radical (unpaired) electrons. The minimum absolute atomic E-state index is 0.0600. The van der Waals surface area contributed by atoms with Gasteiger partial charge in [0.05, 0.1) is 5.56 Å². The molecule has 1 aliphatic carbocycles. The van der Waals surface area contributed by atoms with Gasteiger partial charge in [-0.15, -0.1) is 0 Å². The summed E-state index contributed by atoms with van der Waals surface area (Å²) >= 11 is 0. The molecule has 1 aromatic rings. The second-order valence-electron chi connectivity index (χ2n) is 5.08. The minimum Gasteiger partial charge on any atom is -0.434 e. The van der Waals surface area contributed by atoms with Crippen molar-refractivity contribution in [2.24, 2.45) is 0 Å². The van der Waals surface area contributed by atoms with E-state index in [0.717, 1.165) is 25.7 Å². The van der Waals surface area contributed by atoms with Crippen LogP contribution in [0.15, 0.2) is 24.3 Å². The molecule has 0 N–H and O–H groups in total. The molecule has 20 heavy (non-hydrogen) atoms. The number of hydrogen-bond donors (Lipinski definition) is 0. The Kier molecular flexibility index (Phi) is 4.93. The van der Waals surface area contributed by atoms with Crippen molar-refractivity contribution in [1.29, 1.82) is 0 Å². The number of ether oxygens (including phenoxy) is 1. The van der Waals surface area contributed by atoms with Gasteiger partial charge in [-0.1, -0.05) is 31.4 Å². The number of carbonyl (C=O) groups is 1. The molecule has 0 bridgehead atoms. The molecular weight excluding hydrogens is 264 g/mol. The van der Waals surface area contributed by atoms with E-state index in [1.807, 2.05) is 0 Å². The van der Waals surface area contributed by atoms with Crippen molar-refractivity contribution in [3.05, 3.63) is 29.8 Å². The van der Waals surface area contributed by atoms with Crippen LogP contribution >= 0.6 is 0 Å². The van der Waals surface area contributed by atoms with E-state index >= 15 is 0 Å². The van der Waals surface area contributed by atoms with Crippen LogP contribution in [0.2, 0.25) is 0 Å². The number of carbonyl (C=O) groups excluding carboxylic acids is 1. The number of hydrogen-bond acceptors (Lipinski definition) is 2. The molecular formula is C15H19F2NO2. The fourth-order valence-electron chi connectivity index (χ4n) is 2.67. The molecule has 3 nitrogen and oxygen atoms in total. The van der Waals surface area contributed by atoms with Gasteiger partial charge >= 0.3 is 6.61 Å². The molecule has 0 aliphatic heterocycles. The van der Waals surface area contributed by atoms with Crippen LogP contribution in [0, 0.1) is 0 Å². The molecule has 0 unspecified atom stereocenters. The molecule has 1 fully saturated rings. The lowest BCUT2D eigenvalue weighted by molar-refractivity contribution is -0.0503. The normalized spacial score (nSPS) is 16.2. The SMILES string of the molecule is CN(C(=O)c1ccccc1OC(F)F)C1CCCCC1. The second kappa shape index (κ2) is 6.68. The standard InChI is InChI=1S/C15H19F2NO2/c1-18(11-7-3-2-4-8-11)14(19)12-9-5-6-10-13(12)20-15(16)17/h5-6,9-11,15H,2-4,7-8H2,1H3. The third-order valence-electron chi connectivity index (χ3n) is 3.78. The van der Waals surface area contributed by atoms with Crippen molar-refractivity contribution < 1.29 is 18.3 Å². The van der Waals surface area contributed by atoms with Crippen LogP contribution in [0.5, 0.6) is 5.75 Å². The van der Waals surface area contributed by atoms with Gasteiger partial charge in [0.15, 0.2) is 0 Å². The fourth-order valence-corrected chi connectivity index (χ4v) is 2.67. The number of alkyl halides is 2. The van der Waals surface area contributed by atoms with Crippen LogP contribution in [-0.4, -0.2) is 30.5 Å². The number of rotatable bonds is 4. The average molecular weight is 283 g/mol. The maximum atomic E-state index is 12.4.